The molecule has 96 heavy (non-hydrogen) atoms. The van der Waals surface area contributed by atoms with Gasteiger partial charge >= 0.3 is 5.97 Å². The first-order chi connectivity index (χ1) is 46.0. The fourth-order valence-electron chi connectivity index (χ4n) is 11.8. The van der Waals surface area contributed by atoms with Gasteiger partial charge in [-0.25, -0.2) is 13.8 Å². The van der Waals surface area contributed by atoms with Gasteiger partial charge in [0, 0.05) is 104 Å². The van der Waals surface area contributed by atoms with Gasteiger partial charge in [0.25, 0.3) is 0 Å². The zero-order valence-corrected chi connectivity index (χ0v) is 52.7. The summed E-state index contributed by atoms with van der Waals surface area (Å²) >= 11 is 0. The first-order valence-corrected chi connectivity index (χ1v) is 31.4. The highest BCUT2D eigenvalue weighted by Gasteiger charge is 2.48. The molecule has 0 radical (unpaired) electrons. The molecule has 1 saturated heterocycles. The topological polar surface area (TPSA) is 403 Å². The van der Waals surface area contributed by atoms with E-state index in [0.29, 0.717) is 64.5 Å². The van der Waals surface area contributed by atoms with Crippen molar-refractivity contribution in [3.05, 3.63) is 155 Å². The summed E-state index contributed by atoms with van der Waals surface area (Å²) in [7, 11) is 1.46. The van der Waals surface area contributed by atoms with E-state index >= 15 is 9.59 Å². The second kappa shape index (κ2) is 31.8. The van der Waals surface area contributed by atoms with Crippen LogP contribution in [-0.2, 0) is 91.4 Å². The van der Waals surface area contributed by atoms with Gasteiger partial charge in [0.2, 0.25) is 59.1 Å². The summed E-state index contributed by atoms with van der Waals surface area (Å²) < 4.78 is 35.0. The molecule has 3 aliphatic rings. The zero-order chi connectivity index (χ0) is 68.6. The number of nitrogens with two attached hydrogens (primary N) is 1. The van der Waals surface area contributed by atoms with E-state index in [1.54, 1.807) is 48.5 Å². The summed E-state index contributed by atoms with van der Waals surface area (Å²) in [6.07, 6.45) is 4.92. The smallest absolute Gasteiger partial charge is 0.305 e. The molecule has 29 heteroatoms. The number of carboxylic acid groups (broad SMARTS) is 1. The number of fused-ring (bicyclic) bond motifs is 33. The van der Waals surface area contributed by atoms with E-state index in [4.69, 9.17) is 10.5 Å². The number of hydrogen-bond donors (Lipinski definition) is 13. The molecular formula is C67H76F2N14O13. The first kappa shape index (κ1) is 69.3. The van der Waals surface area contributed by atoms with Gasteiger partial charge in [0.05, 0.1) is 26.4 Å². The molecule has 7 aromatic rings. The monoisotopic (exact) mass is 1320 g/mol. The third-order valence-corrected chi connectivity index (χ3v) is 17.2. The Morgan fingerprint density at radius 3 is 1.72 bits per heavy atom. The van der Waals surface area contributed by atoms with Crippen molar-refractivity contribution in [3.63, 3.8) is 0 Å². The van der Waals surface area contributed by atoms with E-state index in [2.05, 4.69) is 62.5 Å². The number of benzene rings is 4. The number of methoxy groups -OCH3 is 1. The summed E-state index contributed by atoms with van der Waals surface area (Å²) in [4.78, 5) is 169. The quantitative estimate of drug-likeness (QED) is 0.0780. The standard InChI is InChI=1S/C67H76F2N14O13/c1-67-21-6-22-83(67)65(94)55(24-38-13-17-45(96-2)18-14-38)81-63(92)53(29-44-34-71-36-76-44)79-64(93)54(30-59(87)88)80-62(91)52(26-41-33-73-49-20-16-43(69)28-47(41)49)78-61(90)51(25-40-32-72-48-19-15-42(68)27-46(40)48)77-58(86)35-75-57(85)8-5-3-4-7-56(84)74-31-39-11-9-37(10-12-39)23-50(60(70)89)82-66(67)95/h9-20,27-28,32-34,36,50-55,72-73H,3-8,21-26,29-31,35H2,1-2H3,(H2,70,89)(H,71,76)(H,74,84)(H,75,85)(H,77,86)(H,78,90)(H,79,93)(H,80,91)(H,81,92)(H,82,95)(H,87,88)/t50-,51-,52-,53-,54-,55-,67-/m0/s1. The molecular weight excluding hydrogens is 1250 g/mol. The van der Waals surface area contributed by atoms with Gasteiger partial charge in [0.1, 0.15) is 59.2 Å². The van der Waals surface area contributed by atoms with Crippen LogP contribution in [0.25, 0.3) is 21.8 Å². The highest BCUT2D eigenvalue weighted by atomic mass is 19.1. The lowest BCUT2D eigenvalue weighted by Gasteiger charge is -2.37. The van der Waals surface area contributed by atoms with Gasteiger partial charge in [-0.2, -0.15) is 0 Å². The molecule has 3 aliphatic heterocycles. The highest BCUT2D eigenvalue weighted by Crippen LogP contribution is 2.32. The maximum Gasteiger partial charge on any atom is 0.305 e. The van der Waals surface area contributed by atoms with Crippen molar-refractivity contribution in [2.45, 2.75) is 139 Å². The Bertz CT molecular complexity index is 4010. The number of aliphatic carboxylic acids is 1. The van der Waals surface area contributed by atoms with Gasteiger partial charge in [-0.05, 0) is 109 Å². The number of ether oxygens (including phenoxy) is 1. The highest BCUT2D eigenvalue weighted by molar-refractivity contribution is 6.00. The number of primary amides is 1. The molecule has 1 fully saturated rings. The van der Waals surface area contributed by atoms with Crippen molar-refractivity contribution in [2.75, 3.05) is 20.2 Å². The van der Waals surface area contributed by atoms with E-state index in [0.717, 1.165) is 5.56 Å². The SMILES string of the molecule is COc1ccc(C[C@@H]2NC(=O)[C@H](Cc3cnc[nH]3)NC(=O)[C@H](CC(=O)O)NC(=O)[C@H](Cc3c[nH]c4ccc(F)cc34)NC(=O)[C@H](Cc3c[nH]c4ccc(F)cc34)NC(=O)CNC(=O)CCCCCC(=O)NCc3ccc(cc3)C[C@@H](C(N)=O)NC(=O)[C@]3(C)CCCN3C2=O)cc1. The Morgan fingerprint density at radius 1 is 0.615 bits per heavy atom. The minimum atomic E-state index is -2.02. The summed E-state index contributed by atoms with van der Waals surface area (Å²) in [5, 5.41) is 32.0. The van der Waals surface area contributed by atoms with Gasteiger partial charge in [-0.15, -0.1) is 0 Å². The van der Waals surface area contributed by atoms with E-state index in [1.165, 1.54) is 80.2 Å². The maximum atomic E-state index is 15.2. The van der Waals surface area contributed by atoms with Crippen molar-refractivity contribution in [1.82, 2.24) is 67.4 Å². The fourth-order valence-corrected chi connectivity index (χ4v) is 11.8. The predicted molar refractivity (Wildman–Crippen MR) is 343 cm³/mol. The molecule has 14 N–H and O–H groups in total. The molecule has 0 spiro atoms. The molecule has 6 heterocycles. The van der Waals surface area contributed by atoms with Crippen LogP contribution < -0.4 is 53.0 Å². The lowest BCUT2D eigenvalue weighted by atomic mass is 9.94. The van der Waals surface area contributed by atoms with Crippen molar-refractivity contribution >= 4 is 86.8 Å². The lowest BCUT2D eigenvalue weighted by molar-refractivity contribution is -0.147. The third kappa shape index (κ3) is 18.2. The van der Waals surface area contributed by atoms with Gasteiger partial charge in [-0.3, -0.25) is 52.7 Å². The number of nitrogens with zero attached hydrogens (tertiary/aromatic N) is 2. The minimum absolute atomic E-state index is 0.0246. The molecule has 10 rings (SSSR count). The van der Waals surface area contributed by atoms with Crippen LogP contribution in [-0.4, -0.2) is 157 Å². The number of hydrogen-bond acceptors (Lipinski definition) is 13. The number of aromatic amines is 3. The number of imidazole rings is 1. The van der Waals surface area contributed by atoms with E-state index in [1.807, 2.05) is 0 Å². The molecule has 7 atom stereocenters. The summed E-state index contributed by atoms with van der Waals surface area (Å²) in [5.74, 6) is -10.7. The van der Waals surface area contributed by atoms with Crippen LogP contribution in [0.15, 0.2) is 110 Å². The molecule has 2 bridgehead atoms. The van der Waals surface area contributed by atoms with Crippen molar-refractivity contribution in [1.29, 1.82) is 0 Å². The van der Waals surface area contributed by atoms with Crippen LogP contribution in [0, 0.1) is 11.6 Å². The lowest BCUT2D eigenvalue weighted by Crippen LogP contribution is -2.63. The van der Waals surface area contributed by atoms with Gasteiger partial charge < -0.3 is 78.0 Å². The predicted octanol–water partition coefficient (Wildman–Crippen LogP) is 2.12. The van der Waals surface area contributed by atoms with E-state index in [9.17, 15) is 57.0 Å². The Morgan fingerprint density at radius 2 is 1.16 bits per heavy atom. The first-order valence-electron chi connectivity index (χ1n) is 31.4. The molecule has 0 aliphatic carbocycles. The summed E-state index contributed by atoms with van der Waals surface area (Å²) in [5.41, 5.74) is 7.91. The van der Waals surface area contributed by atoms with Crippen LogP contribution in [0.5, 0.6) is 5.75 Å². The van der Waals surface area contributed by atoms with E-state index < -0.39 is 132 Å². The Balaban J connectivity index is 1.05. The molecule has 0 unspecified atom stereocenters. The van der Waals surface area contributed by atoms with Crippen molar-refractivity contribution in [3.8, 4) is 5.75 Å². The Kier molecular flexibility index (Phi) is 22.9. The molecule has 3 aromatic heterocycles. The van der Waals surface area contributed by atoms with E-state index in [-0.39, 0.29) is 80.6 Å². The number of H-pyrrole nitrogens is 3. The molecule has 27 nitrogen and oxygen atoms in total. The number of aromatic nitrogens is 4. The van der Waals surface area contributed by atoms with Crippen LogP contribution in [0.1, 0.15) is 91.8 Å². The molecule has 0 saturated carbocycles. The fraction of sp³-hybridized carbons (Fsp3) is 0.373. The number of nitrogens with one attached hydrogen (secondary N) is 11. The maximum absolute atomic E-state index is 15.2. The number of carbonyl (C=O) groups excluding carboxylic acids is 10. The number of halogens is 2. The largest absolute Gasteiger partial charge is 0.497 e. The summed E-state index contributed by atoms with van der Waals surface area (Å²) in [6.45, 7) is 1.10. The second-order valence-corrected chi connectivity index (χ2v) is 24.1. The summed E-state index contributed by atoms with van der Waals surface area (Å²) in [6, 6.07) is 11.4. The number of carboxylic acids is 1. The van der Waals surface area contributed by atoms with Crippen molar-refractivity contribution < 1.29 is 71.4 Å². The van der Waals surface area contributed by atoms with Gasteiger partial charge in [0.15, 0.2) is 0 Å². The van der Waals surface area contributed by atoms with Crippen LogP contribution in [0.4, 0.5) is 8.78 Å². The second-order valence-electron chi connectivity index (χ2n) is 24.1. The van der Waals surface area contributed by atoms with Crippen LogP contribution in [0.2, 0.25) is 0 Å². The average Bonchev–Trinajstić information content (AvgIpc) is 1.57. The molecule has 10 amide bonds. The average molecular weight is 1320 g/mol. The van der Waals surface area contributed by atoms with Gasteiger partial charge in [-0.1, -0.05) is 42.8 Å². The molecule has 4 aromatic carbocycles. The third-order valence-electron chi connectivity index (χ3n) is 17.2. The number of carbonyl (C=O) groups is 11. The number of amides is 10. The van der Waals surface area contributed by atoms with Crippen molar-refractivity contribution in [2.24, 2.45) is 5.73 Å². The zero-order valence-electron chi connectivity index (χ0n) is 52.7. The molecule has 506 valence electrons. The van der Waals surface area contributed by atoms with Crippen LogP contribution >= 0.6 is 0 Å². The minimum Gasteiger partial charge on any atom is -0.497 e. The van der Waals surface area contributed by atoms with Crippen LogP contribution in [0.3, 0.4) is 0 Å². The Labute approximate surface area is 549 Å². The number of rotatable bonds is 12. The Hall–Kier alpha value is -11.0. The normalized spacial score (nSPS) is 22.3.